The van der Waals surface area contributed by atoms with Gasteiger partial charge in [-0.05, 0) is 56.1 Å². The lowest BCUT2D eigenvalue weighted by Crippen LogP contribution is -2.52. The number of nitrogens with zero attached hydrogens (tertiary/aromatic N) is 2. The Balaban J connectivity index is 1.37. The molecule has 3 unspecified atom stereocenters. The molecule has 2 saturated heterocycles. The van der Waals surface area contributed by atoms with Crippen LogP contribution in [-0.4, -0.2) is 52.8 Å². The second-order valence-corrected chi connectivity index (χ2v) is 10.5. The zero-order valence-electron chi connectivity index (χ0n) is 19.6. The van der Waals surface area contributed by atoms with Crippen LogP contribution in [0.4, 0.5) is 0 Å². The third-order valence-electron chi connectivity index (χ3n) is 7.90. The Hall–Kier alpha value is -3.05. The molecule has 3 aliphatic rings. The molecule has 3 N–H and O–H groups in total. The highest BCUT2D eigenvalue weighted by Crippen LogP contribution is 2.41. The summed E-state index contributed by atoms with van der Waals surface area (Å²) < 4.78 is 0. The molecule has 0 bridgehead atoms. The Morgan fingerprint density at radius 1 is 1.23 bits per heavy atom. The van der Waals surface area contributed by atoms with Gasteiger partial charge in [-0.25, -0.2) is 0 Å². The van der Waals surface area contributed by atoms with Crippen LogP contribution in [0.2, 0.25) is 5.02 Å². The molecule has 3 amide bonds. The second-order valence-electron chi connectivity index (χ2n) is 10.1. The van der Waals surface area contributed by atoms with Crippen molar-refractivity contribution in [1.29, 1.82) is 5.26 Å². The van der Waals surface area contributed by atoms with Crippen LogP contribution >= 0.6 is 11.6 Å². The van der Waals surface area contributed by atoms with Crippen LogP contribution in [0.5, 0.6) is 0 Å². The predicted molar refractivity (Wildman–Crippen MR) is 131 cm³/mol. The number of fused-ring (bicyclic) bond motifs is 2. The number of benzene rings is 1. The van der Waals surface area contributed by atoms with Gasteiger partial charge in [-0.3, -0.25) is 14.4 Å². The molecule has 1 saturated carbocycles. The lowest BCUT2D eigenvalue weighted by molar-refractivity contribution is -0.129. The fraction of sp³-hybridized carbons (Fsp3) is 0.538. The van der Waals surface area contributed by atoms with Gasteiger partial charge in [0.05, 0.1) is 16.6 Å². The first-order valence-corrected chi connectivity index (χ1v) is 12.9. The average Bonchev–Trinajstić information content (AvgIpc) is 3.47. The number of nitriles is 1. The van der Waals surface area contributed by atoms with Crippen molar-refractivity contribution in [1.82, 2.24) is 20.5 Å². The zero-order chi connectivity index (χ0) is 24.5. The number of likely N-dealkylation sites (tertiary alicyclic amines) is 1. The van der Waals surface area contributed by atoms with Crippen molar-refractivity contribution in [3.8, 4) is 6.07 Å². The number of nitrogens with one attached hydrogen (secondary N) is 3. The van der Waals surface area contributed by atoms with E-state index >= 15 is 0 Å². The fourth-order valence-corrected chi connectivity index (χ4v) is 6.39. The molecule has 1 aliphatic carbocycles. The minimum absolute atomic E-state index is 0.0618. The molecule has 5 atom stereocenters. The molecule has 8 nitrogen and oxygen atoms in total. The molecular formula is C26H30ClN5O3. The summed E-state index contributed by atoms with van der Waals surface area (Å²) in [6, 6.07) is 8.02. The standard InChI is InChI=1S/C26H30ClN5O3/c27-20-9-3-6-15-12-21(31-22(15)20)26(35)32-14-17-5-1-2-8-19(17)23(32)25(34)30-18(13-28)11-16-7-4-10-29-24(16)33/h3,6,9,12,16-19,23,31H,1-2,4-5,7-8,10-11,14H2,(H,29,33)(H,30,34)/t16?,17?,18-,19?,23-/m0/s1. The highest BCUT2D eigenvalue weighted by Gasteiger charge is 2.49. The van der Waals surface area contributed by atoms with E-state index in [0.29, 0.717) is 35.7 Å². The van der Waals surface area contributed by atoms with Crippen molar-refractivity contribution in [2.45, 2.75) is 57.0 Å². The topological polar surface area (TPSA) is 118 Å². The van der Waals surface area contributed by atoms with E-state index in [-0.39, 0.29) is 41.9 Å². The lowest BCUT2D eigenvalue weighted by atomic mass is 9.78. The largest absolute Gasteiger partial charge is 0.356 e. The number of H-pyrrole nitrogens is 1. The fourth-order valence-electron chi connectivity index (χ4n) is 6.16. The molecule has 5 rings (SSSR count). The van der Waals surface area contributed by atoms with Crippen molar-refractivity contribution in [2.24, 2.45) is 17.8 Å². The van der Waals surface area contributed by atoms with Crippen molar-refractivity contribution in [3.63, 3.8) is 0 Å². The van der Waals surface area contributed by atoms with Gasteiger partial charge in [-0.1, -0.05) is 36.6 Å². The third kappa shape index (κ3) is 4.62. The smallest absolute Gasteiger partial charge is 0.271 e. The van der Waals surface area contributed by atoms with E-state index in [1.807, 2.05) is 12.1 Å². The van der Waals surface area contributed by atoms with Crippen LogP contribution in [0.1, 0.15) is 55.4 Å². The summed E-state index contributed by atoms with van der Waals surface area (Å²) in [6.07, 6.45) is 5.85. The Morgan fingerprint density at radius 3 is 2.83 bits per heavy atom. The molecule has 0 radical (unpaired) electrons. The molecule has 3 heterocycles. The molecule has 3 fully saturated rings. The first kappa shape index (κ1) is 23.7. The number of carbonyl (C=O) groups excluding carboxylic acids is 3. The number of para-hydroxylation sites is 1. The van der Waals surface area contributed by atoms with Crippen LogP contribution in [-0.2, 0) is 9.59 Å². The number of carbonyl (C=O) groups is 3. The monoisotopic (exact) mass is 495 g/mol. The zero-order valence-corrected chi connectivity index (χ0v) is 20.3. The van der Waals surface area contributed by atoms with Crippen molar-refractivity contribution in [2.75, 3.05) is 13.1 Å². The summed E-state index contributed by atoms with van der Waals surface area (Å²) in [7, 11) is 0. The van der Waals surface area contributed by atoms with Crippen molar-refractivity contribution in [3.05, 3.63) is 35.0 Å². The van der Waals surface area contributed by atoms with Crippen LogP contribution < -0.4 is 10.6 Å². The van der Waals surface area contributed by atoms with E-state index in [2.05, 4.69) is 21.7 Å². The molecule has 2 aromatic rings. The molecule has 9 heteroatoms. The van der Waals surface area contributed by atoms with E-state index in [9.17, 15) is 19.6 Å². The number of rotatable bonds is 5. The summed E-state index contributed by atoms with van der Waals surface area (Å²) in [5, 5.41) is 16.8. The SMILES string of the molecule is N#C[C@H](CC1CCCNC1=O)NC(=O)[C@@H]1C2CCCCC2CN1C(=O)c1cc2cccc(Cl)c2[nH]1. The third-order valence-corrected chi connectivity index (χ3v) is 8.21. The van der Waals surface area contributed by atoms with Crippen LogP contribution in [0, 0.1) is 29.1 Å². The van der Waals surface area contributed by atoms with Crippen LogP contribution in [0.25, 0.3) is 10.9 Å². The lowest BCUT2D eigenvalue weighted by Gasteiger charge is -2.30. The Morgan fingerprint density at radius 2 is 2.06 bits per heavy atom. The molecule has 35 heavy (non-hydrogen) atoms. The van der Waals surface area contributed by atoms with Gasteiger partial charge in [0.1, 0.15) is 17.8 Å². The molecular weight excluding hydrogens is 466 g/mol. The quantitative estimate of drug-likeness (QED) is 0.589. The first-order valence-electron chi connectivity index (χ1n) is 12.5. The Labute approximate surface area is 209 Å². The molecule has 0 spiro atoms. The highest BCUT2D eigenvalue weighted by molar-refractivity contribution is 6.35. The normalized spacial score (nSPS) is 27.1. The average molecular weight is 496 g/mol. The number of aromatic amines is 1. The number of piperidine rings is 1. The van der Waals surface area contributed by atoms with Crippen molar-refractivity contribution >= 4 is 40.2 Å². The summed E-state index contributed by atoms with van der Waals surface area (Å²) in [6.45, 7) is 1.17. The maximum atomic E-state index is 13.7. The van der Waals surface area contributed by atoms with E-state index in [1.54, 1.807) is 17.0 Å². The molecule has 2 aliphatic heterocycles. The Kier molecular flexibility index (Phi) is 6.70. The van der Waals surface area contributed by atoms with Gasteiger partial charge < -0.3 is 20.5 Å². The van der Waals surface area contributed by atoms with E-state index in [1.165, 1.54) is 0 Å². The maximum Gasteiger partial charge on any atom is 0.271 e. The van der Waals surface area contributed by atoms with Gasteiger partial charge >= 0.3 is 0 Å². The van der Waals surface area contributed by atoms with Crippen molar-refractivity contribution < 1.29 is 14.4 Å². The first-order chi connectivity index (χ1) is 17.0. The highest BCUT2D eigenvalue weighted by atomic mass is 35.5. The minimum Gasteiger partial charge on any atom is -0.356 e. The van der Waals surface area contributed by atoms with Gasteiger partial charge in [0.15, 0.2) is 0 Å². The van der Waals surface area contributed by atoms with Gasteiger partial charge in [0, 0.05) is 24.4 Å². The molecule has 184 valence electrons. The predicted octanol–water partition coefficient (Wildman–Crippen LogP) is 3.38. The van der Waals surface area contributed by atoms with E-state index < -0.39 is 12.1 Å². The van der Waals surface area contributed by atoms with E-state index in [0.717, 1.165) is 37.5 Å². The molecule has 1 aromatic carbocycles. The van der Waals surface area contributed by atoms with Gasteiger partial charge in [0.2, 0.25) is 11.8 Å². The van der Waals surface area contributed by atoms with Crippen LogP contribution in [0.15, 0.2) is 24.3 Å². The summed E-state index contributed by atoms with van der Waals surface area (Å²) in [4.78, 5) is 44.2. The number of hydrogen-bond donors (Lipinski definition) is 3. The van der Waals surface area contributed by atoms with E-state index in [4.69, 9.17) is 11.6 Å². The number of hydrogen-bond acceptors (Lipinski definition) is 4. The number of aromatic nitrogens is 1. The summed E-state index contributed by atoms with van der Waals surface area (Å²) in [5.41, 5.74) is 1.10. The summed E-state index contributed by atoms with van der Waals surface area (Å²) >= 11 is 6.30. The van der Waals surface area contributed by atoms with Gasteiger partial charge in [-0.15, -0.1) is 0 Å². The van der Waals surface area contributed by atoms with Gasteiger partial charge in [0.25, 0.3) is 5.91 Å². The maximum absolute atomic E-state index is 13.7. The number of halogens is 1. The van der Waals surface area contributed by atoms with Crippen LogP contribution in [0.3, 0.4) is 0 Å². The molecule has 1 aromatic heterocycles. The second kappa shape index (κ2) is 9.90. The Bertz CT molecular complexity index is 1190. The minimum atomic E-state index is -0.775. The van der Waals surface area contributed by atoms with Gasteiger partial charge in [-0.2, -0.15) is 5.26 Å². The summed E-state index contributed by atoms with van der Waals surface area (Å²) in [5.74, 6) is -0.544. The number of amides is 3.